The highest BCUT2D eigenvalue weighted by Gasteiger charge is 2.02. The van der Waals surface area contributed by atoms with Crippen LogP contribution in [0.3, 0.4) is 0 Å². The molecule has 0 aromatic heterocycles. The van der Waals surface area contributed by atoms with Crippen molar-refractivity contribution in [2.45, 2.75) is 13.5 Å². The van der Waals surface area contributed by atoms with Crippen molar-refractivity contribution in [1.29, 1.82) is 0 Å². The van der Waals surface area contributed by atoms with Crippen molar-refractivity contribution >= 4 is 10.8 Å². The van der Waals surface area contributed by atoms with Gasteiger partial charge in [0.25, 0.3) is 0 Å². The molecule has 0 bridgehead atoms. The van der Waals surface area contributed by atoms with Crippen LogP contribution in [0.5, 0.6) is 5.75 Å². The van der Waals surface area contributed by atoms with Crippen LogP contribution >= 0.6 is 0 Å². The van der Waals surface area contributed by atoms with Crippen LogP contribution in [0.2, 0.25) is 0 Å². The molecule has 1 unspecified atom stereocenters. The van der Waals surface area contributed by atoms with Crippen molar-refractivity contribution in [2.75, 3.05) is 24.7 Å². The molecule has 0 amide bonds. The predicted octanol–water partition coefficient (Wildman–Crippen LogP) is 2.11. The van der Waals surface area contributed by atoms with Gasteiger partial charge in [0.15, 0.2) is 0 Å². The van der Waals surface area contributed by atoms with Crippen LogP contribution < -0.4 is 10.1 Å². The minimum absolute atomic E-state index is 0.511. The van der Waals surface area contributed by atoms with Gasteiger partial charge in [0.1, 0.15) is 12.4 Å². The minimum Gasteiger partial charge on any atom is -0.489 e. The van der Waals surface area contributed by atoms with E-state index in [1.165, 1.54) is 0 Å². The molecule has 0 saturated heterocycles. The van der Waals surface area contributed by atoms with Crippen molar-refractivity contribution in [3.8, 4) is 5.75 Å². The first kappa shape index (κ1) is 14.9. The zero-order valence-electron chi connectivity index (χ0n) is 10.9. The lowest BCUT2D eigenvalue weighted by Gasteiger charge is -2.10. The second kappa shape index (κ2) is 8.89. The largest absolute Gasteiger partial charge is 0.489 e. The summed E-state index contributed by atoms with van der Waals surface area (Å²) in [5.74, 6) is 2.30. The van der Waals surface area contributed by atoms with E-state index in [2.05, 4.69) is 11.9 Å². The topological polar surface area (TPSA) is 38.3 Å². The molecule has 1 rings (SSSR count). The molecule has 0 aliphatic rings. The fraction of sp³-hybridized carbons (Fsp3) is 0.429. The maximum absolute atomic E-state index is 11.3. The molecule has 4 heteroatoms. The lowest BCUT2D eigenvalue weighted by Crippen LogP contribution is -2.21. The Balaban J connectivity index is 2.41. The summed E-state index contributed by atoms with van der Waals surface area (Å²) in [5.41, 5.74) is 1.11. The van der Waals surface area contributed by atoms with E-state index in [-0.39, 0.29) is 0 Å². The van der Waals surface area contributed by atoms with Gasteiger partial charge in [0, 0.05) is 41.0 Å². The smallest absolute Gasteiger partial charge is 0.124 e. The number of rotatable bonds is 9. The van der Waals surface area contributed by atoms with Gasteiger partial charge >= 0.3 is 0 Å². The third-order valence-electron chi connectivity index (χ3n) is 2.47. The molecule has 18 heavy (non-hydrogen) atoms. The van der Waals surface area contributed by atoms with Gasteiger partial charge in [-0.25, -0.2) is 0 Å². The van der Waals surface area contributed by atoms with Crippen LogP contribution in [-0.4, -0.2) is 28.9 Å². The summed E-state index contributed by atoms with van der Waals surface area (Å²) >= 11 is 0. The number of hydrogen-bond acceptors (Lipinski definition) is 3. The Morgan fingerprint density at radius 2 is 2.22 bits per heavy atom. The normalized spacial score (nSPS) is 12.1. The molecule has 0 aliphatic carbocycles. The van der Waals surface area contributed by atoms with Gasteiger partial charge in [0.05, 0.1) is 0 Å². The molecule has 1 aromatic rings. The number of benzene rings is 1. The Morgan fingerprint density at radius 1 is 1.44 bits per heavy atom. The molecule has 0 radical (unpaired) electrons. The average molecular weight is 267 g/mol. The Kier molecular flexibility index (Phi) is 7.37. The highest BCUT2D eigenvalue weighted by Crippen LogP contribution is 2.17. The third kappa shape index (κ3) is 5.47. The Bertz CT molecular complexity index is 393. The lowest BCUT2D eigenvalue weighted by molar-refractivity contribution is 0.358. The summed E-state index contributed by atoms with van der Waals surface area (Å²) < 4.78 is 16.8. The van der Waals surface area contributed by atoms with E-state index in [9.17, 15) is 4.21 Å². The molecular weight excluding hydrogens is 246 g/mol. The molecule has 0 spiro atoms. The van der Waals surface area contributed by atoms with E-state index in [4.69, 9.17) is 4.74 Å². The fourth-order valence-corrected chi connectivity index (χ4v) is 2.15. The van der Waals surface area contributed by atoms with Crippen LogP contribution in [-0.2, 0) is 17.3 Å². The van der Waals surface area contributed by atoms with Gasteiger partial charge in [-0.2, -0.15) is 0 Å². The van der Waals surface area contributed by atoms with E-state index in [1.807, 2.05) is 31.2 Å². The van der Waals surface area contributed by atoms with Crippen molar-refractivity contribution in [3.05, 3.63) is 42.5 Å². The first-order valence-electron chi connectivity index (χ1n) is 6.15. The van der Waals surface area contributed by atoms with Gasteiger partial charge in [0.2, 0.25) is 0 Å². The molecule has 0 fully saturated rings. The lowest BCUT2D eigenvalue weighted by atomic mass is 10.2. The predicted molar refractivity (Wildman–Crippen MR) is 77.4 cm³/mol. The summed E-state index contributed by atoms with van der Waals surface area (Å²) in [6.45, 7) is 7.58. The number of para-hydroxylation sites is 1. The van der Waals surface area contributed by atoms with Crippen LogP contribution in [0.25, 0.3) is 0 Å². The summed E-state index contributed by atoms with van der Waals surface area (Å²) in [6.07, 6.45) is 1.73. The molecule has 0 aliphatic heterocycles. The fourth-order valence-electron chi connectivity index (χ4n) is 1.49. The maximum Gasteiger partial charge on any atom is 0.124 e. The zero-order chi connectivity index (χ0) is 13.2. The number of hydrogen-bond donors (Lipinski definition) is 1. The van der Waals surface area contributed by atoms with Crippen LogP contribution in [0, 0.1) is 0 Å². The van der Waals surface area contributed by atoms with Gasteiger partial charge in [-0.05, 0) is 6.07 Å². The Morgan fingerprint density at radius 3 is 2.94 bits per heavy atom. The molecule has 1 atom stereocenters. The van der Waals surface area contributed by atoms with Crippen molar-refractivity contribution in [3.63, 3.8) is 0 Å². The number of ether oxygens (including phenoxy) is 1. The molecule has 3 nitrogen and oxygen atoms in total. The SMILES string of the molecule is C=CCOc1ccccc1CNCCS(=O)CC. The average Bonchev–Trinajstić information content (AvgIpc) is 2.42. The Hall–Kier alpha value is -1.13. The van der Waals surface area contributed by atoms with Gasteiger partial charge in [-0.1, -0.05) is 37.8 Å². The van der Waals surface area contributed by atoms with E-state index in [0.29, 0.717) is 12.4 Å². The molecule has 0 heterocycles. The quantitative estimate of drug-likeness (QED) is 0.550. The van der Waals surface area contributed by atoms with Crippen LogP contribution in [0.15, 0.2) is 36.9 Å². The standard InChI is InChI=1S/C14H21NO2S/c1-3-10-17-14-8-6-5-7-13(14)12-15-9-11-18(16)4-2/h3,5-8,15H,1,4,9-12H2,2H3. The molecule has 0 saturated carbocycles. The third-order valence-corrected chi connectivity index (χ3v) is 3.78. The molecule has 1 aromatic carbocycles. The summed E-state index contributed by atoms with van der Waals surface area (Å²) in [6, 6.07) is 7.92. The maximum atomic E-state index is 11.3. The van der Waals surface area contributed by atoms with Crippen molar-refractivity contribution < 1.29 is 8.95 Å². The van der Waals surface area contributed by atoms with E-state index in [0.717, 1.165) is 30.2 Å². The molecule has 100 valence electrons. The highest BCUT2D eigenvalue weighted by molar-refractivity contribution is 7.84. The second-order valence-corrected chi connectivity index (χ2v) is 5.68. The monoisotopic (exact) mass is 267 g/mol. The molecule has 1 N–H and O–H groups in total. The van der Waals surface area contributed by atoms with Gasteiger partial charge < -0.3 is 10.1 Å². The van der Waals surface area contributed by atoms with E-state index in [1.54, 1.807) is 6.08 Å². The van der Waals surface area contributed by atoms with Crippen molar-refractivity contribution in [1.82, 2.24) is 5.32 Å². The Labute approximate surface area is 112 Å². The summed E-state index contributed by atoms with van der Waals surface area (Å²) in [4.78, 5) is 0. The summed E-state index contributed by atoms with van der Waals surface area (Å²) in [5, 5.41) is 3.28. The zero-order valence-corrected chi connectivity index (χ0v) is 11.7. The van der Waals surface area contributed by atoms with Crippen LogP contribution in [0.4, 0.5) is 0 Å². The van der Waals surface area contributed by atoms with Crippen LogP contribution in [0.1, 0.15) is 12.5 Å². The molecular formula is C14H21NO2S. The minimum atomic E-state index is -0.702. The number of nitrogens with one attached hydrogen (secondary N) is 1. The van der Waals surface area contributed by atoms with E-state index >= 15 is 0 Å². The highest BCUT2D eigenvalue weighted by atomic mass is 32.2. The van der Waals surface area contributed by atoms with E-state index < -0.39 is 10.8 Å². The summed E-state index contributed by atoms with van der Waals surface area (Å²) in [7, 11) is -0.702. The van der Waals surface area contributed by atoms with Gasteiger partial charge in [-0.15, -0.1) is 0 Å². The second-order valence-electron chi connectivity index (χ2n) is 3.82. The first-order valence-corrected chi connectivity index (χ1v) is 7.64. The van der Waals surface area contributed by atoms with Crippen molar-refractivity contribution in [2.24, 2.45) is 0 Å². The first-order chi connectivity index (χ1) is 8.77. The van der Waals surface area contributed by atoms with Gasteiger partial charge in [-0.3, -0.25) is 4.21 Å².